The maximum atomic E-state index is 6.23. The van der Waals surface area contributed by atoms with Crippen molar-refractivity contribution in [1.82, 2.24) is 4.90 Å². The van der Waals surface area contributed by atoms with Crippen LogP contribution in [0.5, 0.6) is 5.75 Å². The quantitative estimate of drug-likeness (QED) is 0.262. The summed E-state index contributed by atoms with van der Waals surface area (Å²) in [6.07, 6.45) is 0.837. The summed E-state index contributed by atoms with van der Waals surface area (Å²) in [5.74, 6) is 1.50. The van der Waals surface area contributed by atoms with E-state index in [1.807, 2.05) is 0 Å². The van der Waals surface area contributed by atoms with Crippen LogP contribution < -0.4 is 4.74 Å². The largest absolute Gasteiger partial charge is 0.492 e. The molecule has 0 bridgehead atoms. The van der Waals surface area contributed by atoms with E-state index in [1.165, 1.54) is 38.2 Å². The van der Waals surface area contributed by atoms with Crippen molar-refractivity contribution in [2.75, 3.05) is 33.1 Å². The van der Waals surface area contributed by atoms with Crippen molar-refractivity contribution in [3.05, 3.63) is 78.4 Å². The molecule has 148 valence electrons. The van der Waals surface area contributed by atoms with E-state index in [9.17, 15) is 0 Å². The van der Waals surface area contributed by atoms with Crippen LogP contribution >= 0.6 is 11.6 Å². The summed E-state index contributed by atoms with van der Waals surface area (Å²) in [7, 11) is 4.10. The molecule has 4 aromatic carbocycles. The topological polar surface area (TPSA) is 12.5 Å². The summed E-state index contributed by atoms with van der Waals surface area (Å²) >= 11 is 6.23. The lowest BCUT2D eigenvalue weighted by Crippen LogP contribution is -2.19. The number of fused-ring (bicyclic) bond motifs is 3. The summed E-state index contributed by atoms with van der Waals surface area (Å²) in [5.41, 5.74) is 3.79. The van der Waals surface area contributed by atoms with Gasteiger partial charge >= 0.3 is 0 Å². The number of nitrogens with zero attached hydrogens (tertiary/aromatic N) is 1. The van der Waals surface area contributed by atoms with Crippen molar-refractivity contribution in [1.29, 1.82) is 0 Å². The summed E-state index contributed by atoms with van der Waals surface area (Å²) < 4.78 is 5.88. The third kappa shape index (κ3) is 4.10. The van der Waals surface area contributed by atoms with Crippen LogP contribution in [0, 0.1) is 0 Å². The number of benzene rings is 4. The minimum Gasteiger partial charge on any atom is -0.492 e. The Morgan fingerprint density at radius 3 is 1.97 bits per heavy atom. The van der Waals surface area contributed by atoms with Crippen molar-refractivity contribution >= 4 is 33.1 Å². The molecule has 0 radical (unpaired) electrons. The smallest absolute Gasteiger partial charge is 0.119 e. The second kappa shape index (κ2) is 8.86. The maximum absolute atomic E-state index is 6.23. The van der Waals surface area contributed by atoms with Gasteiger partial charge in [0.1, 0.15) is 12.4 Å². The second-order valence-corrected chi connectivity index (χ2v) is 7.94. The molecule has 0 saturated heterocycles. The summed E-state index contributed by atoms with van der Waals surface area (Å²) in [4.78, 5) is 2.12. The number of hydrogen-bond acceptors (Lipinski definition) is 2. The molecule has 0 atom stereocenters. The van der Waals surface area contributed by atoms with E-state index in [1.54, 1.807) is 0 Å². The molecule has 0 aliphatic heterocycles. The van der Waals surface area contributed by atoms with E-state index in [4.69, 9.17) is 16.3 Å². The van der Waals surface area contributed by atoms with Crippen LogP contribution in [0.25, 0.3) is 32.7 Å². The normalized spacial score (nSPS) is 11.4. The first-order chi connectivity index (χ1) is 14.2. The highest BCUT2D eigenvalue weighted by atomic mass is 35.5. The molecule has 0 spiro atoms. The maximum Gasteiger partial charge on any atom is 0.119 e. The Kier molecular flexibility index (Phi) is 6.03. The first kappa shape index (κ1) is 19.8. The Morgan fingerprint density at radius 2 is 1.34 bits per heavy atom. The van der Waals surface area contributed by atoms with Crippen LogP contribution in [-0.2, 0) is 6.42 Å². The molecule has 0 N–H and O–H groups in total. The van der Waals surface area contributed by atoms with Crippen LogP contribution in [0.3, 0.4) is 0 Å². The number of halogens is 1. The average molecular weight is 404 g/mol. The zero-order valence-corrected chi connectivity index (χ0v) is 17.7. The third-order valence-corrected chi connectivity index (χ3v) is 5.52. The zero-order chi connectivity index (χ0) is 20.2. The van der Waals surface area contributed by atoms with Crippen LogP contribution in [0.4, 0.5) is 0 Å². The standard InChI is InChI=1S/C26H26ClNO/c1-28(2)17-18-29-20-13-11-19(12-14-20)26-24-10-6-5-8-22(24)21-7-3-4-9-23(21)25(26)15-16-27/h3-14H,15-18H2,1-2H3. The molecular weight excluding hydrogens is 378 g/mol. The van der Waals surface area contributed by atoms with Gasteiger partial charge in [0.15, 0.2) is 0 Å². The highest BCUT2D eigenvalue weighted by Crippen LogP contribution is 2.39. The SMILES string of the molecule is CN(C)CCOc1ccc(-c2c(CCCl)c3ccccc3c3ccccc23)cc1. The molecule has 2 nitrogen and oxygen atoms in total. The van der Waals surface area contributed by atoms with Gasteiger partial charge in [-0.05, 0) is 70.9 Å². The average Bonchev–Trinajstić information content (AvgIpc) is 2.75. The summed E-state index contributed by atoms with van der Waals surface area (Å²) in [5, 5.41) is 5.12. The molecule has 0 fully saturated rings. The van der Waals surface area contributed by atoms with Gasteiger partial charge in [-0.2, -0.15) is 0 Å². The molecule has 0 amide bonds. The van der Waals surface area contributed by atoms with Crippen LogP contribution in [0.2, 0.25) is 0 Å². The number of ether oxygens (including phenoxy) is 1. The Morgan fingerprint density at radius 1 is 0.759 bits per heavy atom. The van der Waals surface area contributed by atoms with E-state index < -0.39 is 0 Å². The molecule has 0 heterocycles. The zero-order valence-electron chi connectivity index (χ0n) is 17.0. The van der Waals surface area contributed by atoms with Gasteiger partial charge in [0, 0.05) is 12.4 Å². The number of aryl methyl sites for hydroxylation is 1. The van der Waals surface area contributed by atoms with E-state index >= 15 is 0 Å². The fourth-order valence-corrected chi connectivity index (χ4v) is 4.15. The van der Waals surface area contributed by atoms with E-state index in [2.05, 4.69) is 91.8 Å². The lowest BCUT2D eigenvalue weighted by atomic mass is 9.87. The van der Waals surface area contributed by atoms with Crippen LogP contribution in [0.15, 0.2) is 72.8 Å². The highest BCUT2D eigenvalue weighted by molar-refractivity contribution is 6.19. The molecule has 4 rings (SSSR count). The summed E-state index contributed by atoms with van der Waals surface area (Å²) in [6, 6.07) is 25.8. The molecule has 3 heteroatoms. The number of rotatable bonds is 7. The molecule has 0 aliphatic carbocycles. The van der Waals surface area contributed by atoms with E-state index in [0.717, 1.165) is 18.7 Å². The lowest BCUT2D eigenvalue weighted by Gasteiger charge is -2.18. The van der Waals surface area contributed by atoms with Crippen molar-refractivity contribution in [3.63, 3.8) is 0 Å². The number of alkyl halides is 1. The highest BCUT2D eigenvalue weighted by Gasteiger charge is 2.15. The van der Waals surface area contributed by atoms with Crippen molar-refractivity contribution in [2.24, 2.45) is 0 Å². The van der Waals surface area contributed by atoms with Gasteiger partial charge in [-0.15, -0.1) is 11.6 Å². The first-order valence-electron chi connectivity index (χ1n) is 10.1. The number of hydrogen-bond donors (Lipinski definition) is 0. The monoisotopic (exact) mass is 403 g/mol. The summed E-state index contributed by atoms with van der Waals surface area (Å²) in [6.45, 7) is 1.58. The van der Waals surface area contributed by atoms with Gasteiger partial charge in [-0.3, -0.25) is 0 Å². The molecule has 0 unspecified atom stereocenters. The minimum atomic E-state index is 0.598. The Bertz CT molecular complexity index is 1120. The van der Waals surface area contributed by atoms with Gasteiger partial charge in [-0.1, -0.05) is 60.7 Å². The van der Waals surface area contributed by atoms with Crippen molar-refractivity contribution in [2.45, 2.75) is 6.42 Å². The predicted octanol–water partition coefficient (Wildman–Crippen LogP) is 6.38. The van der Waals surface area contributed by atoms with Crippen LogP contribution in [0.1, 0.15) is 5.56 Å². The lowest BCUT2D eigenvalue weighted by molar-refractivity contribution is 0.261. The number of likely N-dealkylation sites (N-methyl/N-ethyl adjacent to an activating group) is 1. The third-order valence-electron chi connectivity index (χ3n) is 5.34. The second-order valence-electron chi connectivity index (χ2n) is 7.56. The van der Waals surface area contributed by atoms with Gasteiger partial charge in [0.05, 0.1) is 0 Å². The van der Waals surface area contributed by atoms with E-state index in [0.29, 0.717) is 12.5 Å². The Labute approximate surface area is 177 Å². The van der Waals surface area contributed by atoms with Crippen molar-refractivity contribution < 1.29 is 4.74 Å². The predicted molar refractivity (Wildman–Crippen MR) is 125 cm³/mol. The van der Waals surface area contributed by atoms with Gasteiger partial charge in [0.25, 0.3) is 0 Å². The molecule has 0 saturated carbocycles. The molecule has 0 aromatic heterocycles. The molecule has 0 aliphatic rings. The fraction of sp³-hybridized carbons (Fsp3) is 0.231. The Hall–Kier alpha value is -2.55. The van der Waals surface area contributed by atoms with Gasteiger partial charge < -0.3 is 9.64 Å². The fourth-order valence-electron chi connectivity index (χ4n) is 3.96. The van der Waals surface area contributed by atoms with Gasteiger partial charge in [0.2, 0.25) is 0 Å². The molecule has 4 aromatic rings. The molecular formula is C26H26ClNO. The minimum absolute atomic E-state index is 0.598. The first-order valence-corrected chi connectivity index (χ1v) is 10.6. The van der Waals surface area contributed by atoms with Crippen molar-refractivity contribution in [3.8, 4) is 16.9 Å². The van der Waals surface area contributed by atoms with Crippen LogP contribution in [-0.4, -0.2) is 38.0 Å². The van der Waals surface area contributed by atoms with Gasteiger partial charge in [-0.25, -0.2) is 0 Å². The molecule has 29 heavy (non-hydrogen) atoms. The van der Waals surface area contributed by atoms with E-state index in [-0.39, 0.29) is 0 Å². The Balaban J connectivity index is 1.84.